The van der Waals surface area contributed by atoms with Crippen LogP contribution in [-0.4, -0.2) is 155 Å². The van der Waals surface area contributed by atoms with Crippen LogP contribution < -0.4 is 21.1 Å². The number of pyridine rings is 1. The molecular formula is C63H80F3N9O7S. The lowest BCUT2D eigenvalue weighted by Gasteiger charge is -2.35. The summed E-state index contributed by atoms with van der Waals surface area (Å²) in [7, 11) is 2.02. The van der Waals surface area contributed by atoms with Gasteiger partial charge in [-0.3, -0.25) is 38.6 Å². The number of H-pyrrole nitrogens is 1. The van der Waals surface area contributed by atoms with Crippen LogP contribution in [0.5, 0.6) is 0 Å². The fourth-order valence-corrected chi connectivity index (χ4v) is 12.2. The molecule has 83 heavy (non-hydrogen) atoms. The van der Waals surface area contributed by atoms with Crippen molar-refractivity contribution in [2.24, 2.45) is 11.3 Å². The summed E-state index contributed by atoms with van der Waals surface area (Å²) in [4.78, 5) is 97.5. The summed E-state index contributed by atoms with van der Waals surface area (Å²) < 4.78 is 41.9. The van der Waals surface area contributed by atoms with E-state index in [9.17, 15) is 47.0 Å². The van der Waals surface area contributed by atoms with Gasteiger partial charge in [-0.15, -0.1) is 11.3 Å². The van der Waals surface area contributed by atoms with E-state index in [4.69, 9.17) is 0 Å². The molecule has 3 atom stereocenters. The fourth-order valence-electron chi connectivity index (χ4n) is 11.4. The van der Waals surface area contributed by atoms with Crippen LogP contribution in [0.4, 0.5) is 24.5 Å². The molecule has 8 rings (SSSR count). The lowest BCUT2D eigenvalue weighted by molar-refractivity contribution is -0.145. The van der Waals surface area contributed by atoms with Crippen LogP contribution in [0.15, 0.2) is 89.3 Å². The van der Waals surface area contributed by atoms with Gasteiger partial charge in [0.25, 0.3) is 5.91 Å². The molecule has 16 nitrogen and oxygen atoms in total. The highest BCUT2D eigenvalue weighted by atomic mass is 32.1. The first-order valence-corrected chi connectivity index (χ1v) is 30.0. The number of aromatic nitrogens is 2. The van der Waals surface area contributed by atoms with E-state index in [-0.39, 0.29) is 49.2 Å². The van der Waals surface area contributed by atoms with Gasteiger partial charge in [0.15, 0.2) is 5.78 Å². The first-order chi connectivity index (χ1) is 39.6. The van der Waals surface area contributed by atoms with Crippen molar-refractivity contribution in [3.05, 3.63) is 123 Å². The van der Waals surface area contributed by atoms with E-state index in [0.717, 1.165) is 103 Å². The van der Waals surface area contributed by atoms with Crippen LogP contribution in [0.1, 0.15) is 111 Å². The zero-order valence-electron chi connectivity index (χ0n) is 48.5. The van der Waals surface area contributed by atoms with E-state index < -0.39 is 52.2 Å². The normalized spacial score (nSPS) is 17.8. The number of halogens is 3. The molecule has 0 unspecified atom stereocenters. The lowest BCUT2D eigenvalue weighted by Crippen LogP contribution is -2.48. The third kappa shape index (κ3) is 17.3. The molecule has 0 spiro atoms. The van der Waals surface area contributed by atoms with Gasteiger partial charge in [-0.1, -0.05) is 82.1 Å². The molecule has 3 amide bonds. The lowest BCUT2D eigenvalue weighted by atomic mass is 9.76. The number of anilines is 2. The predicted octanol–water partition coefficient (Wildman–Crippen LogP) is 8.86. The number of alkyl halides is 3. The quantitative estimate of drug-likeness (QED) is 0.0430. The minimum absolute atomic E-state index is 0.000672. The summed E-state index contributed by atoms with van der Waals surface area (Å²) in [5, 5.41) is 16.5. The molecule has 0 radical (unpaired) electrons. The monoisotopic (exact) mass is 1160 g/mol. The molecule has 5 aromatic rings. The smallest absolute Gasteiger partial charge is 0.391 e. The van der Waals surface area contributed by atoms with Crippen molar-refractivity contribution < 1.29 is 42.3 Å². The number of aryl methyl sites for hydroxylation is 2. The number of carbonyl (C=O) groups is 5. The molecule has 5 heterocycles. The van der Waals surface area contributed by atoms with E-state index in [1.807, 2.05) is 88.8 Å². The molecule has 3 aliphatic heterocycles. The average Bonchev–Trinajstić information content (AvgIpc) is 4.32. The number of unbranched alkanes of at least 4 members (excludes halogenated alkanes) is 3. The fraction of sp³-hybridized carbons (Fsp3) is 0.508. The standard InChI is InChI=1S/C63H80F3N9O7S/c1-42-59(83-41-69-42)45-18-15-43(16-19-45)17-22-56(78)55-36-49(77)40-75(55)61(82)52(62(2,3)4)35-48(76)13-8-6-7-9-14-57(79)67-23-24-72-27-29-73(30-28-72)39-44-11-10-12-46(33-44)47-20-21-54(74-31-25-71(5)26-32-74)53(34-47)70-60(81)50-38-68-58(80)37-51(50)63(64,65)66/h10-12,15-16,18-21,33-34,37-38,41,49,52,55,77H,6-9,13-14,17,22-32,35-36,39-40H2,1-5H3,(H,67,79)(H,68,80)(H,70,81)/t49-,52-,55+/m1/s1. The van der Waals surface area contributed by atoms with Gasteiger partial charge in [0.2, 0.25) is 17.4 Å². The molecule has 3 saturated heterocycles. The number of rotatable bonds is 24. The second kappa shape index (κ2) is 28.3. The number of carbonyl (C=O) groups excluding carboxylic acids is 5. The molecule has 446 valence electrons. The minimum Gasteiger partial charge on any atom is -0.391 e. The van der Waals surface area contributed by atoms with Gasteiger partial charge < -0.3 is 35.4 Å². The minimum atomic E-state index is -4.91. The number of nitrogens with one attached hydrogen (secondary N) is 3. The van der Waals surface area contributed by atoms with Gasteiger partial charge >= 0.3 is 6.18 Å². The van der Waals surface area contributed by atoms with Gasteiger partial charge in [0, 0.05) is 129 Å². The Kier molecular flexibility index (Phi) is 21.3. The third-order valence-corrected chi connectivity index (χ3v) is 17.4. The van der Waals surface area contributed by atoms with Crippen LogP contribution in [0.2, 0.25) is 0 Å². The number of hydrogen-bond acceptors (Lipinski definition) is 13. The molecule has 0 aliphatic carbocycles. The topological polar surface area (TPSA) is 192 Å². The van der Waals surface area contributed by atoms with Gasteiger partial charge in [0.1, 0.15) is 5.78 Å². The summed E-state index contributed by atoms with van der Waals surface area (Å²) in [5.74, 6) is -1.96. The number of likely N-dealkylation sites (tertiary alicyclic amines) is 1. The zero-order valence-corrected chi connectivity index (χ0v) is 49.3. The molecular weight excluding hydrogens is 1080 g/mol. The number of aliphatic hydroxyl groups is 1. The molecule has 3 aliphatic rings. The number of piperazine rings is 2. The largest absolute Gasteiger partial charge is 0.417 e. The second-order valence-electron chi connectivity index (χ2n) is 23.7. The third-order valence-electron chi connectivity index (χ3n) is 16.4. The molecule has 3 aromatic carbocycles. The van der Waals surface area contributed by atoms with Gasteiger partial charge in [-0.05, 0) is 84.7 Å². The number of nitrogens with zero attached hydrogens (tertiary/aromatic N) is 6. The van der Waals surface area contributed by atoms with Crippen LogP contribution >= 0.6 is 11.3 Å². The highest BCUT2D eigenvalue weighted by Crippen LogP contribution is 2.37. The number of aliphatic hydroxyl groups excluding tert-OH is 1. The Morgan fingerprint density at radius 2 is 1.49 bits per heavy atom. The zero-order chi connectivity index (χ0) is 59.4. The summed E-state index contributed by atoms with van der Waals surface area (Å²) >= 11 is 1.59. The Bertz CT molecular complexity index is 3110. The van der Waals surface area contributed by atoms with Crippen molar-refractivity contribution in [1.29, 1.82) is 0 Å². The number of amides is 3. The SMILES string of the molecule is Cc1ncsc1-c1ccc(CCC(=O)[C@@H]2C[C@@H](O)CN2C(=O)[C@@H](CC(=O)CCCCCCC(=O)NCCN2CCN(Cc3cccc(-c4ccc(N5CCN(C)CC5)c(NC(=O)c5c[nH]c(=O)cc5C(F)(F)F)c4)c3)CC2)C(C)(C)C)cc1. The maximum absolute atomic E-state index is 14.2. The van der Waals surface area contributed by atoms with E-state index >= 15 is 0 Å². The van der Waals surface area contributed by atoms with Crippen molar-refractivity contribution in [2.45, 2.75) is 117 Å². The first kappa shape index (κ1) is 62.5. The molecule has 0 saturated carbocycles. The number of ketones is 2. The number of β-amino-alcohol motifs (C(OH)–C–C–N with tert-alkyl or cyclic N) is 1. The molecule has 0 bridgehead atoms. The van der Waals surface area contributed by atoms with Gasteiger partial charge in [-0.25, -0.2) is 4.98 Å². The van der Waals surface area contributed by atoms with Crippen LogP contribution in [0.3, 0.4) is 0 Å². The number of hydrogen-bond donors (Lipinski definition) is 4. The predicted molar refractivity (Wildman–Crippen MR) is 318 cm³/mol. The van der Waals surface area contributed by atoms with Crippen molar-refractivity contribution in [1.82, 2.24) is 34.9 Å². The number of aromatic amines is 1. The Balaban J connectivity index is 0.726. The maximum Gasteiger partial charge on any atom is 0.417 e. The van der Waals surface area contributed by atoms with Crippen molar-refractivity contribution in [3.63, 3.8) is 0 Å². The number of benzene rings is 3. The number of Topliss-reactive ketones (excluding diaryl/α,β-unsaturated/α-hetero) is 2. The Labute approximate surface area is 488 Å². The average molecular weight is 1160 g/mol. The highest BCUT2D eigenvalue weighted by molar-refractivity contribution is 7.13. The summed E-state index contributed by atoms with van der Waals surface area (Å²) in [6.45, 7) is 16.1. The van der Waals surface area contributed by atoms with Crippen molar-refractivity contribution in [3.8, 4) is 21.6 Å². The summed E-state index contributed by atoms with van der Waals surface area (Å²) in [5.41, 5.74) is 5.25. The Hall–Kier alpha value is -6.58. The van der Waals surface area contributed by atoms with E-state index in [1.54, 1.807) is 17.4 Å². The van der Waals surface area contributed by atoms with Gasteiger partial charge in [-0.2, -0.15) is 13.2 Å². The van der Waals surface area contributed by atoms with Crippen LogP contribution in [-0.2, 0) is 38.3 Å². The molecule has 4 N–H and O–H groups in total. The molecule has 2 aromatic heterocycles. The Morgan fingerprint density at radius 3 is 2.18 bits per heavy atom. The van der Waals surface area contributed by atoms with Crippen molar-refractivity contribution >= 4 is 52.0 Å². The van der Waals surface area contributed by atoms with Crippen molar-refractivity contribution in [2.75, 3.05) is 89.3 Å². The van der Waals surface area contributed by atoms with Crippen LogP contribution in [0.25, 0.3) is 21.6 Å². The highest BCUT2D eigenvalue weighted by Gasteiger charge is 2.44. The number of likely N-dealkylation sites (N-methyl/N-ethyl adjacent to an activating group) is 1. The summed E-state index contributed by atoms with van der Waals surface area (Å²) in [6, 6.07) is 21.5. The molecule has 20 heteroatoms. The van der Waals surface area contributed by atoms with Gasteiger partial charge in [0.05, 0.1) is 50.7 Å². The second-order valence-corrected chi connectivity index (χ2v) is 24.5. The Morgan fingerprint density at radius 1 is 0.807 bits per heavy atom. The molecule has 3 fully saturated rings. The number of thiazole rings is 1. The van der Waals surface area contributed by atoms with E-state index in [1.165, 1.54) is 4.90 Å². The van der Waals surface area contributed by atoms with Crippen LogP contribution in [0, 0.1) is 18.3 Å². The van der Waals surface area contributed by atoms with E-state index in [0.29, 0.717) is 75.7 Å². The van der Waals surface area contributed by atoms with E-state index in [2.05, 4.69) is 52.3 Å². The first-order valence-electron chi connectivity index (χ1n) is 29.1. The maximum atomic E-state index is 14.2. The summed E-state index contributed by atoms with van der Waals surface area (Å²) in [6.07, 6.45) is -0.201.